The lowest BCUT2D eigenvalue weighted by atomic mass is 9.76. The highest BCUT2D eigenvalue weighted by atomic mass is 35.5. The second kappa shape index (κ2) is 8.88. The third kappa shape index (κ3) is 4.83. The van der Waals surface area contributed by atoms with Gasteiger partial charge in [-0.3, -0.25) is 14.9 Å². The molecule has 6 nitrogen and oxygen atoms in total. The maximum absolute atomic E-state index is 14.8. The minimum absolute atomic E-state index is 0.0553. The van der Waals surface area contributed by atoms with E-state index in [1.165, 1.54) is 12.1 Å². The smallest absolute Gasteiger partial charge is 0.321 e. The summed E-state index contributed by atoms with van der Waals surface area (Å²) >= 11 is 12.5. The fourth-order valence-corrected chi connectivity index (χ4v) is 4.64. The molecule has 0 aromatic heterocycles. The lowest BCUT2D eigenvalue weighted by Gasteiger charge is -2.37. The Kier molecular flexibility index (Phi) is 6.69. The van der Waals surface area contributed by atoms with E-state index < -0.39 is 29.7 Å². The molecule has 2 fully saturated rings. The number of carbonyl (C=O) groups excluding carboxylic acids is 3. The Morgan fingerprint density at radius 2 is 1.97 bits per heavy atom. The molecule has 1 aromatic carbocycles. The van der Waals surface area contributed by atoms with Crippen LogP contribution >= 0.6 is 23.2 Å². The molecule has 2 aliphatic rings. The number of benzene rings is 1. The minimum Gasteiger partial charge on any atom is -0.348 e. The Hall–Kier alpha value is -1.86. The molecule has 1 heterocycles. The van der Waals surface area contributed by atoms with Crippen molar-refractivity contribution in [3.63, 3.8) is 0 Å². The van der Waals surface area contributed by atoms with Gasteiger partial charge in [0.1, 0.15) is 5.82 Å². The number of amides is 4. The van der Waals surface area contributed by atoms with Crippen molar-refractivity contribution in [1.82, 2.24) is 16.0 Å². The zero-order valence-electron chi connectivity index (χ0n) is 16.1. The average Bonchev–Trinajstić information content (AvgIpc) is 3.10. The van der Waals surface area contributed by atoms with E-state index in [1.807, 2.05) is 6.92 Å². The Morgan fingerprint density at radius 1 is 1.28 bits per heavy atom. The van der Waals surface area contributed by atoms with Gasteiger partial charge in [0.25, 0.3) is 0 Å². The molecule has 1 aliphatic heterocycles. The number of halogens is 3. The second-order valence-corrected chi connectivity index (χ2v) is 8.84. The van der Waals surface area contributed by atoms with E-state index in [0.717, 1.165) is 25.7 Å². The van der Waals surface area contributed by atoms with Crippen LogP contribution in [0.15, 0.2) is 12.1 Å². The topological polar surface area (TPSA) is 87.3 Å². The van der Waals surface area contributed by atoms with Crippen molar-refractivity contribution in [3.05, 3.63) is 33.6 Å². The van der Waals surface area contributed by atoms with Crippen molar-refractivity contribution in [2.45, 2.75) is 51.5 Å². The van der Waals surface area contributed by atoms with E-state index in [-0.39, 0.29) is 46.3 Å². The van der Waals surface area contributed by atoms with Crippen LogP contribution < -0.4 is 16.0 Å². The first-order valence-electron chi connectivity index (χ1n) is 9.73. The standard InChI is InChI=1S/C20H24Cl2FN3O3/c1-20(8-2-3-9-20)17(15-13(23)6-5-12(21)16(15)22)26-18(28)11-4-7-14(27)25-19(29)24-10-11/h5-6,11,17H,2-4,7-10H2,1H3,(H,26,28)(H2,24,25,27,29). The fourth-order valence-electron chi connectivity index (χ4n) is 4.21. The summed E-state index contributed by atoms with van der Waals surface area (Å²) in [7, 11) is 0. The summed E-state index contributed by atoms with van der Waals surface area (Å²) in [6.07, 6.45) is 3.89. The molecular weight excluding hydrogens is 420 g/mol. The number of imide groups is 1. The van der Waals surface area contributed by atoms with E-state index in [1.54, 1.807) is 0 Å². The van der Waals surface area contributed by atoms with Gasteiger partial charge in [-0.1, -0.05) is 43.0 Å². The Bertz CT molecular complexity index is 809. The Labute approximate surface area is 178 Å². The molecule has 1 saturated carbocycles. The van der Waals surface area contributed by atoms with Gasteiger partial charge in [0.05, 0.1) is 22.0 Å². The van der Waals surface area contributed by atoms with Crippen LogP contribution in [0.4, 0.5) is 9.18 Å². The minimum atomic E-state index is -0.668. The van der Waals surface area contributed by atoms with Crippen molar-refractivity contribution < 1.29 is 18.8 Å². The van der Waals surface area contributed by atoms with E-state index in [9.17, 15) is 18.8 Å². The molecule has 9 heteroatoms. The summed E-state index contributed by atoms with van der Waals surface area (Å²) in [5.74, 6) is -1.93. The number of carbonyl (C=O) groups is 3. The largest absolute Gasteiger partial charge is 0.348 e. The van der Waals surface area contributed by atoms with Crippen LogP contribution in [0.5, 0.6) is 0 Å². The number of hydrogen-bond donors (Lipinski definition) is 3. The third-order valence-corrected chi connectivity index (χ3v) is 6.77. The number of nitrogens with one attached hydrogen (secondary N) is 3. The predicted octanol–water partition coefficient (Wildman–Crippen LogP) is 4.11. The molecule has 3 rings (SSSR count). The van der Waals surface area contributed by atoms with Crippen molar-refractivity contribution >= 4 is 41.0 Å². The summed E-state index contributed by atoms with van der Waals surface area (Å²) in [6, 6.07) is 1.34. The summed E-state index contributed by atoms with van der Waals surface area (Å²) in [6.45, 7) is 2.09. The average molecular weight is 444 g/mol. The predicted molar refractivity (Wildman–Crippen MR) is 108 cm³/mol. The van der Waals surface area contributed by atoms with E-state index >= 15 is 0 Å². The first-order valence-corrected chi connectivity index (χ1v) is 10.5. The van der Waals surface area contributed by atoms with Gasteiger partial charge in [0.15, 0.2) is 0 Å². The van der Waals surface area contributed by atoms with Gasteiger partial charge < -0.3 is 10.6 Å². The summed E-state index contributed by atoms with van der Waals surface area (Å²) in [4.78, 5) is 36.3. The zero-order valence-corrected chi connectivity index (χ0v) is 17.6. The van der Waals surface area contributed by atoms with Crippen LogP contribution in [0.2, 0.25) is 10.0 Å². The zero-order chi connectivity index (χ0) is 21.2. The molecule has 1 aromatic rings. The monoisotopic (exact) mass is 443 g/mol. The first kappa shape index (κ1) is 21.8. The normalized spacial score (nSPS) is 22.8. The van der Waals surface area contributed by atoms with Crippen molar-refractivity contribution in [3.8, 4) is 0 Å². The van der Waals surface area contributed by atoms with Gasteiger partial charge in [0, 0.05) is 18.5 Å². The number of rotatable bonds is 4. The van der Waals surface area contributed by atoms with E-state index in [2.05, 4.69) is 16.0 Å². The molecule has 29 heavy (non-hydrogen) atoms. The maximum Gasteiger partial charge on any atom is 0.321 e. The van der Waals surface area contributed by atoms with Gasteiger partial charge in [-0.2, -0.15) is 0 Å². The van der Waals surface area contributed by atoms with Crippen LogP contribution in [-0.2, 0) is 9.59 Å². The number of hydrogen-bond acceptors (Lipinski definition) is 3. The quantitative estimate of drug-likeness (QED) is 0.611. The van der Waals surface area contributed by atoms with Gasteiger partial charge in [-0.15, -0.1) is 0 Å². The molecule has 0 bridgehead atoms. The molecule has 1 saturated heterocycles. The van der Waals surface area contributed by atoms with Crippen molar-refractivity contribution in [2.24, 2.45) is 11.3 Å². The summed E-state index contributed by atoms with van der Waals surface area (Å²) in [5.41, 5.74) is -0.197. The summed E-state index contributed by atoms with van der Waals surface area (Å²) < 4.78 is 14.8. The van der Waals surface area contributed by atoms with Crippen molar-refractivity contribution in [1.29, 1.82) is 0 Å². The highest BCUT2D eigenvalue weighted by molar-refractivity contribution is 6.42. The van der Waals surface area contributed by atoms with Gasteiger partial charge in [-0.05, 0) is 36.8 Å². The molecule has 3 N–H and O–H groups in total. The molecule has 1 aliphatic carbocycles. The number of urea groups is 1. The highest BCUT2D eigenvalue weighted by Gasteiger charge is 2.42. The lowest BCUT2D eigenvalue weighted by molar-refractivity contribution is -0.127. The molecule has 0 spiro atoms. The van der Waals surface area contributed by atoms with Crippen LogP contribution in [0, 0.1) is 17.2 Å². The van der Waals surface area contributed by atoms with Gasteiger partial charge in [0.2, 0.25) is 11.8 Å². The maximum atomic E-state index is 14.8. The molecule has 0 radical (unpaired) electrons. The SMILES string of the molecule is CC1(C(NC(=O)C2CCC(=O)NC(=O)NC2)c2c(F)ccc(Cl)c2Cl)CCCC1. The molecule has 2 atom stereocenters. The fraction of sp³-hybridized carbons (Fsp3) is 0.550. The van der Waals surface area contributed by atoms with Gasteiger partial charge in [-0.25, -0.2) is 9.18 Å². The van der Waals surface area contributed by atoms with E-state index in [0.29, 0.717) is 0 Å². The second-order valence-electron chi connectivity index (χ2n) is 8.05. The summed E-state index contributed by atoms with van der Waals surface area (Å²) in [5, 5.41) is 7.98. The van der Waals surface area contributed by atoms with Crippen LogP contribution in [0.1, 0.15) is 57.1 Å². The van der Waals surface area contributed by atoms with Crippen LogP contribution in [0.25, 0.3) is 0 Å². The van der Waals surface area contributed by atoms with Gasteiger partial charge >= 0.3 is 6.03 Å². The van der Waals surface area contributed by atoms with Crippen LogP contribution in [0.3, 0.4) is 0 Å². The molecule has 4 amide bonds. The first-order chi connectivity index (χ1) is 13.7. The molecule has 158 valence electrons. The van der Waals surface area contributed by atoms with E-state index in [4.69, 9.17) is 23.2 Å². The van der Waals surface area contributed by atoms with Crippen LogP contribution in [-0.4, -0.2) is 24.4 Å². The molecular formula is C20H24Cl2FN3O3. The van der Waals surface area contributed by atoms with Crippen molar-refractivity contribution in [2.75, 3.05) is 6.54 Å². The Morgan fingerprint density at radius 3 is 2.66 bits per heavy atom. The lowest BCUT2D eigenvalue weighted by Crippen LogP contribution is -2.49. The Balaban J connectivity index is 1.90. The highest BCUT2D eigenvalue weighted by Crippen LogP contribution is 2.50. The third-order valence-electron chi connectivity index (χ3n) is 5.95. The molecule has 2 unspecified atom stereocenters.